The van der Waals surface area contributed by atoms with Crippen molar-refractivity contribution in [1.82, 2.24) is 5.32 Å². The fourth-order valence-electron chi connectivity index (χ4n) is 2.89. The van der Waals surface area contributed by atoms with Gasteiger partial charge in [0.05, 0.1) is 16.9 Å². The lowest BCUT2D eigenvalue weighted by Gasteiger charge is -2.15. The van der Waals surface area contributed by atoms with Crippen molar-refractivity contribution < 1.29 is 13.2 Å². The second-order valence-electron chi connectivity index (χ2n) is 5.55. The van der Waals surface area contributed by atoms with E-state index >= 15 is 0 Å². The predicted octanol–water partition coefficient (Wildman–Crippen LogP) is 3.26. The van der Waals surface area contributed by atoms with Gasteiger partial charge in [-0.25, -0.2) is 8.42 Å². The van der Waals surface area contributed by atoms with Gasteiger partial charge in [-0.15, -0.1) is 0 Å². The highest BCUT2D eigenvalue weighted by Crippen LogP contribution is 2.34. The molecule has 0 aromatic heterocycles. The Labute approximate surface area is 141 Å². The highest BCUT2D eigenvalue weighted by atomic mass is 35.5. The quantitative estimate of drug-likeness (QED) is 0.918. The molecule has 122 valence electrons. The van der Waals surface area contributed by atoms with Gasteiger partial charge < -0.3 is 10.1 Å². The van der Waals surface area contributed by atoms with Crippen LogP contribution >= 0.6 is 11.6 Å². The number of rotatable bonds is 4. The molecule has 4 nitrogen and oxygen atoms in total. The van der Waals surface area contributed by atoms with Crippen LogP contribution in [-0.2, 0) is 9.84 Å². The summed E-state index contributed by atoms with van der Waals surface area (Å²) in [7, 11) is -2.05. The molecule has 1 fully saturated rings. The molecule has 3 rings (SSSR count). The Morgan fingerprint density at radius 1 is 1.17 bits per heavy atom. The minimum absolute atomic E-state index is 0.183. The molecule has 0 aliphatic carbocycles. The third kappa shape index (κ3) is 3.22. The zero-order valence-corrected chi connectivity index (χ0v) is 14.3. The van der Waals surface area contributed by atoms with Crippen molar-refractivity contribution in [3.8, 4) is 5.75 Å². The first-order valence-corrected chi connectivity index (χ1v) is 9.28. The number of methoxy groups -OCH3 is 1. The Balaban J connectivity index is 2.03. The molecule has 2 aromatic rings. The molecular weight excluding hydrogens is 334 g/mol. The van der Waals surface area contributed by atoms with Crippen LogP contribution in [0, 0.1) is 0 Å². The topological polar surface area (TPSA) is 55.4 Å². The monoisotopic (exact) mass is 351 g/mol. The third-order valence-electron chi connectivity index (χ3n) is 4.12. The lowest BCUT2D eigenvalue weighted by atomic mass is 9.97. The first-order valence-electron chi connectivity index (χ1n) is 7.41. The van der Waals surface area contributed by atoms with Crippen LogP contribution in [0.1, 0.15) is 17.9 Å². The smallest absolute Gasteiger partial charge is 0.206 e. The second-order valence-corrected chi connectivity index (χ2v) is 7.94. The number of ether oxygens (including phenoxy) is 1. The lowest BCUT2D eigenvalue weighted by Crippen LogP contribution is -2.09. The van der Waals surface area contributed by atoms with Gasteiger partial charge in [0.15, 0.2) is 0 Å². The van der Waals surface area contributed by atoms with E-state index in [-0.39, 0.29) is 9.79 Å². The molecule has 1 aliphatic rings. The maximum Gasteiger partial charge on any atom is 0.206 e. The minimum Gasteiger partial charge on any atom is -0.496 e. The summed E-state index contributed by atoms with van der Waals surface area (Å²) in [6.07, 6.45) is 1.02. The van der Waals surface area contributed by atoms with Gasteiger partial charge in [-0.3, -0.25) is 0 Å². The van der Waals surface area contributed by atoms with Gasteiger partial charge in [-0.1, -0.05) is 23.7 Å². The molecule has 1 heterocycles. The molecule has 1 aliphatic heterocycles. The van der Waals surface area contributed by atoms with Crippen LogP contribution in [0.3, 0.4) is 0 Å². The van der Waals surface area contributed by atoms with Crippen LogP contribution in [0.15, 0.2) is 52.3 Å². The fraction of sp³-hybridized carbons (Fsp3) is 0.294. The Kier molecular flexibility index (Phi) is 4.62. The molecule has 1 atom stereocenters. The van der Waals surface area contributed by atoms with E-state index in [9.17, 15) is 8.42 Å². The molecule has 6 heteroatoms. The molecule has 0 amide bonds. The average molecular weight is 352 g/mol. The van der Waals surface area contributed by atoms with Gasteiger partial charge in [-0.05, 0) is 48.9 Å². The molecule has 0 saturated carbocycles. The van der Waals surface area contributed by atoms with E-state index in [0.717, 1.165) is 25.1 Å². The van der Waals surface area contributed by atoms with Gasteiger partial charge in [0.1, 0.15) is 5.75 Å². The Bertz CT molecular complexity index is 814. The van der Waals surface area contributed by atoms with Gasteiger partial charge in [0.2, 0.25) is 9.84 Å². The minimum atomic E-state index is -3.61. The van der Waals surface area contributed by atoms with Crippen LogP contribution in [0.25, 0.3) is 0 Å². The maximum absolute atomic E-state index is 12.8. The molecule has 0 spiro atoms. The van der Waals surface area contributed by atoms with Crippen molar-refractivity contribution in [2.75, 3.05) is 20.2 Å². The van der Waals surface area contributed by atoms with E-state index < -0.39 is 9.84 Å². The SMILES string of the molecule is COc1cc(S(=O)(=O)c2cccc(Cl)c2)ccc1C1CCNC1. The van der Waals surface area contributed by atoms with E-state index in [2.05, 4.69) is 5.32 Å². The van der Waals surface area contributed by atoms with Crippen molar-refractivity contribution in [3.63, 3.8) is 0 Å². The first kappa shape index (κ1) is 16.3. The van der Waals surface area contributed by atoms with E-state index in [1.54, 1.807) is 37.4 Å². The zero-order chi connectivity index (χ0) is 16.4. The summed E-state index contributed by atoms with van der Waals surface area (Å²) < 4.78 is 31.0. The van der Waals surface area contributed by atoms with Crippen molar-refractivity contribution in [2.24, 2.45) is 0 Å². The summed E-state index contributed by atoms with van der Waals surface area (Å²) in [6.45, 7) is 1.85. The van der Waals surface area contributed by atoms with Crippen LogP contribution < -0.4 is 10.1 Å². The molecule has 2 aromatic carbocycles. The largest absolute Gasteiger partial charge is 0.496 e. The first-order chi connectivity index (χ1) is 11.0. The zero-order valence-electron chi connectivity index (χ0n) is 12.8. The molecule has 1 unspecified atom stereocenters. The number of sulfone groups is 1. The van der Waals surface area contributed by atoms with Crippen LogP contribution in [-0.4, -0.2) is 28.6 Å². The summed E-state index contributed by atoms with van der Waals surface area (Å²) in [5.74, 6) is 0.967. The van der Waals surface area contributed by atoms with E-state index in [1.165, 1.54) is 6.07 Å². The van der Waals surface area contributed by atoms with Crippen LogP contribution in [0.2, 0.25) is 5.02 Å². The standard InChI is InChI=1S/C17H18ClNO3S/c1-22-17-10-15(5-6-16(17)12-7-8-19-11-12)23(20,21)14-4-2-3-13(18)9-14/h2-6,9-10,12,19H,7-8,11H2,1H3. The average Bonchev–Trinajstić information content (AvgIpc) is 3.08. The highest BCUT2D eigenvalue weighted by molar-refractivity contribution is 7.91. The molecule has 0 radical (unpaired) electrons. The molecule has 23 heavy (non-hydrogen) atoms. The third-order valence-corrected chi connectivity index (χ3v) is 6.11. The summed E-state index contributed by atoms with van der Waals surface area (Å²) in [5.41, 5.74) is 1.04. The van der Waals surface area contributed by atoms with Crippen molar-refractivity contribution in [1.29, 1.82) is 0 Å². The van der Waals surface area contributed by atoms with Crippen molar-refractivity contribution >= 4 is 21.4 Å². The molecule has 1 saturated heterocycles. The van der Waals surface area contributed by atoms with E-state index in [0.29, 0.717) is 16.7 Å². The summed E-state index contributed by atoms with van der Waals surface area (Å²) in [6, 6.07) is 11.4. The van der Waals surface area contributed by atoms with Gasteiger partial charge >= 0.3 is 0 Å². The summed E-state index contributed by atoms with van der Waals surface area (Å²) >= 11 is 5.91. The normalized spacial score (nSPS) is 18.1. The number of hydrogen-bond acceptors (Lipinski definition) is 4. The van der Waals surface area contributed by atoms with Crippen LogP contribution in [0.5, 0.6) is 5.75 Å². The second kappa shape index (κ2) is 6.51. The van der Waals surface area contributed by atoms with Crippen LogP contribution in [0.4, 0.5) is 0 Å². The van der Waals surface area contributed by atoms with E-state index in [1.807, 2.05) is 6.07 Å². The Morgan fingerprint density at radius 2 is 1.96 bits per heavy atom. The number of halogens is 1. The van der Waals surface area contributed by atoms with Crippen molar-refractivity contribution in [2.45, 2.75) is 22.1 Å². The van der Waals surface area contributed by atoms with Gasteiger partial charge in [-0.2, -0.15) is 0 Å². The molecular formula is C17H18ClNO3S. The summed E-state index contributed by atoms with van der Waals surface area (Å²) in [4.78, 5) is 0.397. The van der Waals surface area contributed by atoms with Gasteiger partial charge in [0, 0.05) is 17.5 Å². The number of benzene rings is 2. The van der Waals surface area contributed by atoms with Gasteiger partial charge in [0.25, 0.3) is 0 Å². The lowest BCUT2D eigenvalue weighted by molar-refractivity contribution is 0.405. The molecule has 0 bridgehead atoms. The Morgan fingerprint density at radius 3 is 2.61 bits per heavy atom. The van der Waals surface area contributed by atoms with E-state index in [4.69, 9.17) is 16.3 Å². The Hall–Kier alpha value is -1.56. The summed E-state index contributed by atoms with van der Waals surface area (Å²) in [5, 5.41) is 3.71. The predicted molar refractivity (Wildman–Crippen MR) is 90.1 cm³/mol. The fourth-order valence-corrected chi connectivity index (χ4v) is 4.46. The maximum atomic E-state index is 12.8. The highest BCUT2D eigenvalue weighted by Gasteiger charge is 2.24. The van der Waals surface area contributed by atoms with Crippen molar-refractivity contribution in [3.05, 3.63) is 53.1 Å². The molecule has 1 N–H and O–H groups in total. The number of nitrogens with one attached hydrogen (secondary N) is 1. The number of hydrogen-bond donors (Lipinski definition) is 1.